The third-order valence-electron chi connectivity index (χ3n) is 1.82. The number of H-pyrrole nitrogens is 1. The van der Waals surface area contributed by atoms with Gasteiger partial charge in [0.1, 0.15) is 11.4 Å². The van der Waals surface area contributed by atoms with E-state index in [4.69, 9.17) is 11.6 Å². The average Bonchev–Trinajstić information content (AvgIpc) is 2.65. The lowest BCUT2D eigenvalue weighted by molar-refractivity contribution is 0.103. The molecule has 0 saturated carbocycles. The summed E-state index contributed by atoms with van der Waals surface area (Å²) in [5.41, 5.74) is 0.766. The second-order valence-electron chi connectivity index (χ2n) is 2.74. The van der Waals surface area contributed by atoms with Crippen molar-refractivity contribution in [3.8, 4) is 0 Å². The Hall–Kier alpha value is -1.61. The standard InChI is InChI=1S/C10H7ClN2O/c11-7-4-6-13-9(7)10(14)8-3-1-2-5-12-8/h1-6,13H. The van der Waals surface area contributed by atoms with Crippen molar-refractivity contribution in [1.82, 2.24) is 9.97 Å². The minimum Gasteiger partial charge on any atom is -0.357 e. The van der Waals surface area contributed by atoms with Crippen LogP contribution in [0.4, 0.5) is 0 Å². The Balaban J connectivity index is 2.39. The Morgan fingerprint density at radius 2 is 2.21 bits per heavy atom. The van der Waals surface area contributed by atoms with E-state index in [0.29, 0.717) is 16.4 Å². The van der Waals surface area contributed by atoms with E-state index < -0.39 is 0 Å². The van der Waals surface area contributed by atoms with Crippen LogP contribution in [0, 0.1) is 0 Å². The molecule has 14 heavy (non-hydrogen) atoms. The van der Waals surface area contributed by atoms with Crippen LogP contribution in [-0.4, -0.2) is 15.8 Å². The van der Waals surface area contributed by atoms with Crippen LogP contribution in [0.15, 0.2) is 36.7 Å². The smallest absolute Gasteiger partial charge is 0.228 e. The predicted octanol–water partition coefficient (Wildman–Crippen LogP) is 2.29. The van der Waals surface area contributed by atoms with E-state index in [1.807, 2.05) is 0 Å². The van der Waals surface area contributed by atoms with Gasteiger partial charge < -0.3 is 4.98 Å². The number of nitrogens with one attached hydrogen (secondary N) is 1. The number of ketones is 1. The van der Waals surface area contributed by atoms with Crippen LogP contribution in [0.2, 0.25) is 5.02 Å². The van der Waals surface area contributed by atoms with Crippen LogP contribution in [0.1, 0.15) is 16.2 Å². The van der Waals surface area contributed by atoms with Crippen LogP contribution in [0.25, 0.3) is 0 Å². The second kappa shape index (κ2) is 3.64. The fraction of sp³-hybridized carbons (Fsp3) is 0. The molecule has 0 spiro atoms. The summed E-state index contributed by atoms with van der Waals surface area (Å²) in [6.45, 7) is 0. The van der Waals surface area contributed by atoms with Gasteiger partial charge in [0.2, 0.25) is 5.78 Å². The molecule has 0 aliphatic rings. The summed E-state index contributed by atoms with van der Waals surface area (Å²) in [7, 11) is 0. The maximum atomic E-state index is 11.8. The summed E-state index contributed by atoms with van der Waals surface area (Å²) in [5.74, 6) is -0.194. The first kappa shape index (κ1) is 8.97. The average molecular weight is 207 g/mol. The molecule has 0 amide bonds. The summed E-state index contributed by atoms with van der Waals surface area (Å²) in [5, 5.41) is 0.417. The van der Waals surface area contributed by atoms with E-state index in [1.165, 1.54) is 0 Å². The zero-order valence-corrected chi connectivity index (χ0v) is 7.95. The van der Waals surface area contributed by atoms with Crippen LogP contribution < -0.4 is 0 Å². The monoisotopic (exact) mass is 206 g/mol. The van der Waals surface area contributed by atoms with Gasteiger partial charge in [-0.25, -0.2) is 0 Å². The maximum absolute atomic E-state index is 11.8. The van der Waals surface area contributed by atoms with Gasteiger partial charge in [-0.1, -0.05) is 17.7 Å². The van der Waals surface area contributed by atoms with Gasteiger partial charge in [0.05, 0.1) is 5.02 Å². The Labute approximate surface area is 85.7 Å². The van der Waals surface area contributed by atoms with Gasteiger partial charge in [-0.15, -0.1) is 0 Å². The van der Waals surface area contributed by atoms with E-state index >= 15 is 0 Å². The molecule has 0 atom stereocenters. The number of rotatable bonds is 2. The van der Waals surface area contributed by atoms with Crippen LogP contribution in [0.5, 0.6) is 0 Å². The van der Waals surface area contributed by atoms with Gasteiger partial charge in [-0.3, -0.25) is 9.78 Å². The summed E-state index contributed by atoms with van der Waals surface area (Å²) in [6.07, 6.45) is 3.20. The number of aromatic nitrogens is 2. The molecule has 0 aliphatic heterocycles. The van der Waals surface area contributed by atoms with E-state index in [1.54, 1.807) is 36.7 Å². The van der Waals surface area contributed by atoms with Crippen LogP contribution in [-0.2, 0) is 0 Å². The third-order valence-corrected chi connectivity index (χ3v) is 2.14. The molecule has 2 aromatic heterocycles. The van der Waals surface area contributed by atoms with Crippen molar-refractivity contribution in [2.45, 2.75) is 0 Å². The highest BCUT2D eigenvalue weighted by Crippen LogP contribution is 2.16. The summed E-state index contributed by atoms with van der Waals surface area (Å²) < 4.78 is 0. The number of carbonyl (C=O) groups excluding carboxylic acids is 1. The molecule has 1 N–H and O–H groups in total. The molecule has 4 heteroatoms. The van der Waals surface area contributed by atoms with Crippen LogP contribution in [0.3, 0.4) is 0 Å². The summed E-state index contributed by atoms with van der Waals surface area (Å²) in [6, 6.07) is 6.81. The lowest BCUT2D eigenvalue weighted by Gasteiger charge is -1.97. The largest absolute Gasteiger partial charge is 0.357 e. The Kier molecular flexibility index (Phi) is 2.33. The lowest BCUT2D eigenvalue weighted by Crippen LogP contribution is -2.04. The molecule has 70 valence electrons. The molecule has 0 aliphatic carbocycles. The molecule has 0 fully saturated rings. The summed E-state index contributed by atoms with van der Waals surface area (Å²) in [4.78, 5) is 18.5. The second-order valence-corrected chi connectivity index (χ2v) is 3.15. The fourth-order valence-corrected chi connectivity index (χ4v) is 1.35. The van der Waals surface area contributed by atoms with Crippen molar-refractivity contribution in [1.29, 1.82) is 0 Å². The minimum absolute atomic E-state index is 0.194. The van der Waals surface area contributed by atoms with E-state index in [2.05, 4.69) is 9.97 Å². The third kappa shape index (κ3) is 1.54. The highest BCUT2D eigenvalue weighted by molar-refractivity contribution is 6.34. The quantitative estimate of drug-likeness (QED) is 0.767. The van der Waals surface area contributed by atoms with E-state index in [-0.39, 0.29) is 5.78 Å². The lowest BCUT2D eigenvalue weighted by atomic mass is 10.2. The molecule has 0 radical (unpaired) electrons. The fourth-order valence-electron chi connectivity index (χ4n) is 1.15. The van der Waals surface area contributed by atoms with Crippen LogP contribution >= 0.6 is 11.6 Å². The number of aromatic amines is 1. The number of pyridine rings is 1. The molecule has 2 aromatic rings. The first-order chi connectivity index (χ1) is 6.79. The van der Waals surface area contributed by atoms with Crippen molar-refractivity contribution in [3.63, 3.8) is 0 Å². The predicted molar refractivity (Wildman–Crippen MR) is 53.5 cm³/mol. The zero-order valence-electron chi connectivity index (χ0n) is 7.20. The van der Waals surface area contributed by atoms with Crippen molar-refractivity contribution < 1.29 is 4.79 Å². The molecule has 0 bridgehead atoms. The van der Waals surface area contributed by atoms with Crippen molar-refractivity contribution in [2.24, 2.45) is 0 Å². The first-order valence-electron chi connectivity index (χ1n) is 4.07. The highest BCUT2D eigenvalue weighted by atomic mass is 35.5. The van der Waals surface area contributed by atoms with Crippen molar-refractivity contribution in [3.05, 3.63) is 53.1 Å². The molecule has 2 heterocycles. The first-order valence-corrected chi connectivity index (χ1v) is 4.45. The number of halogens is 1. The molecule has 3 nitrogen and oxygen atoms in total. The highest BCUT2D eigenvalue weighted by Gasteiger charge is 2.14. The SMILES string of the molecule is O=C(c1ccccn1)c1[nH]ccc1Cl. The van der Waals surface area contributed by atoms with Gasteiger partial charge in [0.25, 0.3) is 0 Å². The number of hydrogen-bond acceptors (Lipinski definition) is 2. The number of nitrogens with zero attached hydrogens (tertiary/aromatic N) is 1. The van der Waals surface area contributed by atoms with E-state index in [0.717, 1.165) is 0 Å². The van der Waals surface area contributed by atoms with Gasteiger partial charge in [0.15, 0.2) is 0 Å². The number of hydrogen-bond donors (Lipinski definition) is 1. The topological polar surface area (TPSA) is 45.8 Å². The Bertz CT molecular complexity index is 450. The molecule has 2 rings (SSSR count). The van der Waals surface area contributed by atoms with Gasteiger partial charge in [-0.05, 0) is 18.2 Å². The molecule has 0 saturated heterocycles. The normalized spacial score (nSPS) is 10.1. The van der Waals surface area contributed by atoms with Gasteiger partial charge in [0, 0.05) is 12.4 Å². The van der Waals surface area contributed by atoms with Crippen molar-refractivity contribution >= 4 is 17.4 Å². The maximum Gasteiger partial charge on any atom is 0.228 e. The number of carbonyl (C=O) groups is 1. The zero-order chi connectivity index (χ0) is 9.97. The molecule has 0 aromatic carbocycles. The Morgan fingerprint density at radius 3 is 2.79 bits per heavy atom. The summed E-state index contributed by atoms with van der Waals surface area (Å²) >= 11 is 5.80. The Morgan fingerprint density at radius 1 is 1.36 bits per heavy atom. The van der Waals surface area contributed by atoms with Gasteiger partial charge in [-0.2, -0.15) is 0 Å². The van der Waals surface area contributed by atoms with Crippen molar-refractivity contribution in [2.75, 3.05) is 0 Å². The van der Waals surface area contributed by atoms with Gasteiger partial charge >= 0.3 is 0 Å². The minimum atomic E-state index is -0.194. The molecular weight excluding hydrogens is 200 g/mol. The molecule has 0 unspecified atom stereocenters. The van der Waals surface area contributed by atoms with E-state index in [9.17, 15) is 4.79 Å². The molecular formula is C10H7ClN2O.